The fraction of sp³-hybridized carbons (Fsp3) is 0. The number of hydrogen-bond donors (Lipinski definition) is 0. The average molecular weight is 601 g/mol. The van der Waals surface area contributed by atoms with Crippen LogP contribution in [0, 0.1) is 0 Å². The lowest BCUT2D eigenvalue weighted by atomic mass is 10.0. The molecule has 0 amide bonds. The highest BCUT2D eigenvalue weighted by Crippen LogP contribution is 2.44. The van der Waals surface area contributed by atoms with Gasteiger partial charge in [-0.1, -0.05) is 97.1 Å². The minimum absolute atomic E-state index is 0.905. The molecule has 47 heavy (non-hydrogen) atoms. The van der Waals surface area contributed by atoms with E-state index in [0.717, 1.165) is 50.1 Å². The van der Waals surface area contributed by atoms with Gasteiger partial charge in [0.05, 0.1) is 16.7 Å². The first-order valence-corrected chi connectivity index (χ1v) is 16.0. The van der Waals surface area contributed by atoms with Gasteiger partial charge in [0.2, 0.25) is 0 Å². The smallest absolute Gasteiger partial charge is 0.136 e. The van der Waals surface area contributed by atoms with Crippen LogP contribution in [-0.2, 0) is 0 Å². The first-order valence-electron chi connectivity index (χ1n) is 16.0. The van der Waals surface area contributed by atoms with Crippen LogP contribution in [-0.4, -0.2) is 4.57 Å². The molecule has 0 unspecified atom stereocenters. The van der Waals surface area contributed by atoms with Gasteiger partial charge in [-0.2, -0.15) is 0 Å². The van der Waals surface area contributed by atoms with Crippen LogP contribution in [0.5, 0.6) is 0 Å². The molecule has 0 bridgehead atoms. The van der Waals surface area contributed by atoms with Gasteiger partial charge in [-0.3, -0.25) is 0 Å². The monoisotopic (exact) mass is 600 g/mol. The van der Waals surface area contributed by atoms with Gasteiger partial charge in [-0.05, 0) is 94.3 Å². The van der Waals surface area contributed by atoms with Crippen LogP contribution >= 0.6 is 0 Å². The van der Waals surface area contributed by atoms with Crippen molar-refractivity contribution in [1.29, 1.82) is 0 Å². The van der Waals surface area contributed by atoms with Crippen molar-refractivity contribution in [2.24, 2.45) is 0 Å². The second kappa shape index (κ2) is 10.1. The molecule has 10 aromatic rings. The molecule has 10 rings (SSSR count). The van der Waals surface area contributed by atoms with E-state index in [4.69, 9.17) is 4.42 Å². The summed E-state index contributed by atoms with van der Waals surface area (Å²) in [4.78, 5) is 2.39. The van der Waals surface area contributed by atoms with E-state index in [-0.39, 0.29) is 0 Å². The van der Waals surface area contributed by atoms with Gasteiger partial charge in [0.1, 0.15) is 11.2 Å². The average Bonchev–Trinajstić information content (AvgIpc) is 3.66. The summed E-state index contributed by atoms with van der Waals surface area (Å²) in [5.74, 6) is 0. The maximum Gasteiger partial charge on any atom is 0.136 e. The quantitative estimate of drug-likeness (QED) is 0.200. The fourth-order valence-electron chi connectivity index (χ4n) is 7.38. The lowest BCUT2D eigenvalue weighted by molar-refractivity contribution is 0.669. The predicted octanol–water partition coefficient (Wildman–Crippen LogP) is 12.5. The Morgan fingerprint density at radius 3 is 2.04 bits per heavy atom. The van der Waals surface area contributed by atoms with E-state index >= 15 is 0 Å². The molecule has 8 aromatic carbocycles. The maximum atomic E-state index is 6.29. The number of anilines is 3. The topological polar surface area (TPSA) is 21.3 Å². The largest absolute Gasteiger partial charge is 0.456 e. The molecule has 3 nitrogen and oxygen atoms in total. The summed E-state index contributed by atoms with van der Waals surface area (Å²) in [5, 5.41) is 9.52. The van der Waals surface area contributed by atoms with E-state index in [1.165, 1.54) is 38.0 Å². The third-order valence-corrected chi connectivity index (χ3v) is 9.50. The SMILES string of the molecule is c1ccc(N(c2ccc3cc4c(cc3c2)oc2ccccc24)c2cccc3c2c2ccccc2n3-c2ccc3ccccc3c2)cc1. The second-order valence-electron chi connectivity index (χ2n) is 12.2. The zero-order chi connectivity index (χ0) is 30.9. The Kier molecular flexibility index (Phi) is 5.57. The summed E-state index contributed by atoms with van der Waals surface area (Å²) in [7, 11) is 0. The number of rotatable bonds is 4. The molecule has 0 aliphatic rings. The first kappa shape index (κ1) is 26.0. The first-order chi connectivity index (χ1) is 23.3. The number of hydrogen-bond acceptors (Lipinski definition) is 2. The van der Waals surface area contributed by atoms with Crippen molar-refractivity contribution >= 4 is 82.4 Å². The normalized spacial score (nSPS) is 11.8. The minimum Gasteiger partial charge on any atom is -0.456 e. The lowest BCUT2D eigenvalue weighted by Crippen LogP contribution is -2.10. The van der Waals surface area contributed by atoms with Gasteiger partial charge in [0.15, 0.2) is 0 Å². The molecule has 0 radical (unpaired) electrons. The molecule has 0 atom stereocenters. The summed E-state index contributed by atoms with van der Waals surface area (Å²) in [6, 6.07) is 60.9. The third kappa shape index (κ3) is 4.00. The second-order valence-corrected chi connectivity index (χ2v) is 12.2. The highest BCUT2D eigenvalue weighted by Gasteiger charge is 2.21. The summed E-state index contributed by atoms with van der Waals surface area (Å²) in [6.45, 7) is 0. The molecule has 0 aliphatic carbocycles. The molecule has 0 spiro atoms. The Hall–Kier alpha value is -6.32. The molecule has 0 saturated carbocycles. The van der Waals surface area contributed by atoms with E-state index < -0.39 is 0 Å². The van der Waals surface area contributed by atoms with E-state index in [1.807, 2.05) is 12.1 Å². The van der Waals surface area contributed by atoms with Crippen molar-refractivity contribution in [3.63, 3.8) is 0 Å². The molecule has 2 aromatic heterocycles. The van der Waals surface area contributed by atoms with Gasteiger partial charge in [-0.15, -0.1) is 0 Å². The van der Waals surface area contributed by atoms with Gasteiger partial charge in [0, 0.05) is 38.6 Å². The minimum atomic E-state index is 0.905. The van der Waals surface area contributed by atoms with Crippen molar-refractivity contribution in [1.82, 2.24) is 4.57 Å². The van der Waals surface area contributed by atoms with Crippen LogP contribution in [0.15, 0.2) is 174 Å². The standard InChI is InChI=1S/C44H28N2O/c1-2-13-33(14-3-1)45(34-24-22-31-27-38-36-15-7-9-20-42(36)47-43(38)28-32(31)26-34)40-18-10-19-41-44(40)37-16-6-8-17-39(37)46(41)35-23-21-29-11-4-5-12-30(29)25-35/h1-28H. The van der Waals surface area contributed by atoms with E-state index in [0.29, 0.717) is 0 Å². The number of nitrogens with zero attached hydrogens (tertiary/aromatic N) is 2. The molecule has 3 heteroatoms. The van der Waals surface area contributed by atoms with E-state index in [1.54, 1.807) is 0 Å². The Bertz CT molecular complexity index is 2810. The summed E-state index contributed by atoms with van der Waals surface area (Å²) >= 11 is 0. The van der Waals surface area contributed by atoms with Crippen molar-refractivity contribution in [3.8, 4) is 5.69 Å². The zero-order valence-corrected chi connectivity index (χ0v) is 25.5. The summed E-state index contributed by atoms with van der Waals surface area (Å²) < 4.78 is 8.70. The summed E-state index contributed by atoms with van der Waals surface area (Å²) in [6.07, 6.45) is 0. The Morgan fingerprint density at radius 1 is 0.404 bits per heavy atom. The van der Waals surface area contributed by atoms with Crippen molar-refractivity contribution < 1.29 is 4.42 Å². The number of benzene rings is 8. The predicted molar refractivity (Wildman–Crippen MR) is 198 cm³/mol. The maximum absolute atomic E-state index is 6.29. The van der Waals surface area contributed by atoms with Crippen molar-refractivity contribution in [3.05, 3.63) is 170 Å². The molecule has 220 valence electrons. The third-order valence-electron chi connectivity index (χ3n) is 9.50. The van der Waals surface area contributed by atoms with E-state index in [9.17, 15) is 0 Å². The molecular formula is C44H28N2O. The molecule has 0 aliphatic heterocycles. The summed E-state index contributed by atoms with van der Waals surface area (Å²) in [5.41, 5.74) is 8.66. The van der Waals surface area contributed by atoms with Crippen LogP contribution in [0.25, 0.3) is 71.0 Å². The Labute approximate surface area is 271 Å². The van der Waals surface area contributed by atoms with Gasteiger partial charge < -0.3 is 13.9 Å². The lowest BCUT2D eigenvalue weighted by Gasteiger charge is -2.27. The van der Waals surface area contributed by atoms with E-state index in [2.05, 4.69) is 167 Å². The number of fused-ring (bicyclic) bond motifs is 8. The van der Waals surface area contributed by atoms with Crippen LogP contribution in [0.4, 0.5) is 17.1 Å². The molecule has 2 heterocycles. The van der Waals surface area contributed by atoms with Crippen molar-refractivity contribution in [2.45, 2.75) is 0 Å². The van der Waals surface area contributed by atoms with Gasteiger partial charge >= 0.3 is 0 Å². The Balaban J connectivity index is 1.23. The van der Waals surface area contributed by atoms with Crippen molar-refractivity contribution in [2.75, 3.05) is 4.90 Å². The van der Waals surface area contributed by atoms with Crippen LogP contribution in [0.3, 0.4) is 0 Å². The molecule has 0 fully saturated rings. The molecule has 0 saturated heterocycles. The van der Waals surface area contributed by atoms with Gasteiger partial charge in [0.25, 0.3) is 0 Å². The fourth-order valence-corrected chi connectivity index (χ4v) is 7.38. The van der Waals surface area contributed by atoms with Crippen LogP contribution in [0.2, 0.25) is 0 Å². The highest BCUT2D eigenvalue weighted by molar-refractivity contribution is 6.17. The van der Waals surface area contributed by atoms with Crippen LogP contribution < -0.4 is 4.90 Å². The molecule has 0 N–H and O–H groups in total. The van der Waals surface area contributed by atoms with Crippen LogP contribution in [0.1, 0.15) is 0 Å². The molecular weight excluding hydrogens is 572 g/mol. The van der Waals surface area contributed by atoms with Gasteiger partial charge in [-0.25, -0.2) is 0 Å². The number of para-hydroxylation sites is 3. The zero-order valence-electron chi connectivity index (χ0n) is 25.5. The highest BCUT2D eigenvalue weighted by atomic mass is 16.3. The Morgan fingerprint density at radius 2 is 1.13 bits per heavy atom. The number of furan rings is 1. The number of aromatic nitrogens is 1.